The highest BCUT2D eigenvalue weighted by Gasteiger charge is 2.31. The van der Waals surface area contributed by atoms with Gasteiger partial charge in [0.05, 0.1) is 11.5 Å². The first-order valence-corrected chi connectivity index (χ1v) is 11.7. The molecule has 0 aromatic heterocycles. The fraction of sp³-hybridized carbons (Fsp3) is 0.667. The number of carbonyl (C=O) groups excluding carboxylic acids is 1. The first kappa shape index (κ1) is 22.8. The molecule has 1 aromatic carbocycles. The topological polar surface area (TPSA) is 66.9 Å². The van der Waals surface area contributed by atoms with Gasteiger partial charge < -0.3 is 9.64 Å². The van der Waals surface area contributed by atoms with Gasteiger partial charge in [0.2, 0.25) is 10.0 Å². The van der Waals surface area contributed by atoms with Crippen LogP contribution in [-0.4, -0.2) is 62.4 Å². The molecule has 0 bridgehead atoms. The van der Waals surface area contributed by atoms with Crippen LogP contribution in [0.1, 0.15) is 63.2 Å². The van der Waals surface area contributed by atoms with E-state index in [1.165, 1.54) is 0 Å². The standard InChI is InChI=1S/C21H34N2O4S/c1-5-19(6-2)22(15-16-27-4)21(24)18-10-12-20(13-11-18)28(25,26)23-14-8-7-9-17(23)3/h10-13,17,19H,5-9,14-16H2,1-4H3. The van der Waals surface area contributed by atoms with Crippen LogP contribution in [-0.2, 0) is 14.8 Å². The van der Waals surface area contributed by atoms with E-state index in [0.717, 1.165) is 32.1 Å². The highest BCUT2D eigenvalue weighted by Crippen LogP contribution is 2.25. The summed E-state index contributed by atoms with van der Waals surface area (Å²) < 4.78 is 32.7. The van der Waals surface area contributed by atoms with E-state index in [9.17, 15) is 13.2 Å². The molecule has 1 aromatic rings. The molecule has 7 heteroatoms. The molecule has 28 heavy (non-hydrogen) atoms. The van der Waals surface area contributed by atoms with E-state index in [-0.39, 0.29) is 22.9 Å². The summed E-state index contributed by atoms with van der Waals surface area (Å²) in [6.07, 6.45) is 4.58. The molecule has 2 rings (SSSR count). The summed E-state index contributed by atoms with van der Waals surface area (Å²) in [5.74, 6) is -0.0824. The van der Waals surface area contributed by atoms with Gasteiger partial charge in [-0.15, -0.1) is 0 Å². The lowest BCUT2D eigenvalue weighted by Gasteiger charge is -2.32. The lowest BCUT2D eigenvalue weighted by molar-refractivity contribution is 0.0589. The Kier molecular flexibility index (Phi) is 8.46. The Labute approximate surface area is 169 Å². The van der Waals surface area contributed by atoms with Crippen molar-refractivity contribution in [2.45, 2.75) is 69.9 Å². The molecule has 0 spiro atoms. The SMILES string of the molecule is CCC(CC)N(CCOC)C(=O)c1ccc(S(=O)(=O)N2CCCCC2C)cc1. The molecule has 6 nitrogen and oxygen atoms in total. The van der Waals surface area contributed by atoms with E-state index in [2.05, 4.69) is 13.8 Å². The predicted octanol–water partition coefficient (Wildman–Crippen LogP) is 3.53. The van der Waals surface area contributed by atoms with Crippen LogP contribution in [0.2, 0.25) is 0 Å². The molecule has 0 aliphatic carbocycles. The minimum absolute atomic E-state index is 0.0134. The zero-order valence-corrected chi connectivity index (χ0v) is 18.4. The van der Waals surface area contributed by atoms with E-state index in [1.54, 1.807) is 35.7 Å². The zero-order chi connectivity index (χ0) is 20.7. The van der Waals surface area contributed by atoms with Crippen LogP contribution in [0.15, 0.2) is 29.2 Å². The zero-order valence-electron chi connectivity index (χ0n) is 17.6. The summed E-state index contributed by atoms with van der Waals surface area (Å²) in [6.45, 7) is 7.64. The molecule has 1 saturated heterocycles. The van der Waals surface area contributed by atoms with Crippen molar-refractivity contribution in [2.75, 3.05) is 26.8 Å². The summed E-state index contributed by atoms with van der Waals surface area (Å²) in [6, 6.07) is 6.54. The van der Waals surface area contributed by atoms with Gasteiger partial charge in [-0.2, -0.15) is 4.31 Å². The van der Waals surface area contributed by atoms with Gasteiger partial charge in [-0.1, -0.05) is 20.3 Å². The number of sulfonamides is 1. The Morgan fingerprint density at radius 3 is 2.39 bits per heavy atom. The fourth-order valence-electron chi connectivity index (χ4n) is 3.87. The maximum absolute atomic E-state index is 13.0. The predicted molar refractivity (Wildman–Crippen MR) is 111 cm³/mol. The largest absolute Gasteiger partial charge is 0.383 e. The van der Waals surface area contributed by atoms with Crippen molar-refractivity contribution in [1.82, 2.24) is 9.21 Å². The van der Waals surface area contributed by atoms with Crippen LogP contribution in [0.25, 0.3) is 0 Å². The normalized spacial score (nSPS) is 18.4. The van der Waals surface area contributed by atoms with Crippen molar-refractivity contribution in [3.63, 3.8) is 0 Å². The fourth-order valence-corrected chi connectivity index (χ4v) is 5.57. The molecule has 1 aliphatic heterocycles. The summed E-state index contributed by atoms with van der Waals surface area (Å²) >= 11 is 0. The van der Waals surface area contributed by atoms with Gasteiger partial charge in [0.25, 0.3) is 5.91 Å². The quantitative estimate of drug-likeness (QED) is 0.625. The summed E-state index contributed by atoms with van der Waals surface area (Å²) in [5.41, 5.74) is 0.508. The monoisotopic (exact) mass is 410 g/mol. The van der Waals surface area contributed by atoms with Crippen LogP contribution in [0.3, 0.4) is 0 Å². The molecule has 1 aliphatic rings. The molecule has 0 saturated carbocycles. The Morgan fingerprint density at radius 2 is 1.86 bits per heavy atom. The lowest BCUT2D eigenvalue weighted by atomic mass is 10.1. The number of hydrogen-bond acceptors (Lipinski definition) is 4. The molecule has 0 radical (unpaired) electrons. The maximum atomic E-state index is 13.0. The Balaban J connectivity index is 2.23. The summed E-state index contributed by atoms with van der Waals surface area (Å²) in [7, 11) is -1.90. The van der Waals surface area contributed by atoms with Gasteiger partial charge in [0.15, 0.2) is 0 Å². The first-order chi connectivity index (χ1) is 13.4. The van der Waals surface area contributed by atoms with Crippen LogP contribution < -0.4 is 0 Å². The molecular weight excluding hydrogens is 376 g/mol. The number of benzene rings is 1. The highest BCUT2D eigenvalue weighted by molar-refractivity contribution is 7.89. The van der Waals surface area contributed by atoms with Gasteiger partial charge in [0.1, 0.15) is 0 Å². The van der Waals surface area contributed by atoms with Crippen LogP contribution in [0.4, 0.5) is 0 Å². The van der Waals surface area contributed by atoms with Gasteiger partial charge in [-0.05, 0) is 56.9 Å². The second-order valence-corrected chi connectivity index (χ2v) is 9.34. The third kappa shape index (κ3) is 5.13. The van der Waals surface area contributed by atoms with Crippen molar-refractivity contribution in [3.05, 3.63) is 29.8 Å². The maximum Gasteiger partial charge on any atom is 0.254 e. The average Bonchev–Trinajstić information content (AvgIpc) is 2.71. The minimum atomic E-state index is -3.53. The number of rotatable bonds is 9. The second kappa shape index (κ2) is 10.4. The number of nitrogens with zero attached hydrogens (tertiary/aromatic N) is 2. The highest BCUT2D eigenvalue weighted by atomic mass is 32.2. The van der Waals surface area contributed by atoms with Crippen LogP contribution in [0.5, 0.6) is 0 Å². The van der Waals surface area contributed by atoms with Crippen molar-refractivity contribution < 1.29 is 17.9 Å². The number of amides is 1. The van der Waals surface area contributed by atoms with Gasteiger partial charge in [0, 0.05) is 37.8 Å². The lowest BCUT2D eigenvalue weighted by Crippen LogP contribution is -2.42. The van der Waals surface area contributed by atoms with E-state index >= 15 is 0 Å². The second-order valence-electron chi connectivity index (χ2n) is 7.45. The Morgan fingerprint density at radius 1 is 1.21 bits per heavy atom. The minimum Gasteiger partial charge on any atom is -0.383 e. The third-order valence-corrected chi connectivity index (χ3v) is 7.66. The molecule has 1 unspecified atom stereocenters. The number of hydrogen-bond donors (Lipinski definition) is 0. The molecule has 1 atom stereocenters. The molecule has 1 fully saturated rings. The van der Waals surface area contributed by atoms with E-state index in [4.69, 9.17) is 4.74 Å². The third-order valence-electron chi connectivity index (χ3n) is 5.63. The molecule has 1 amide bonds. The van der Waals surface area contributed by atoms with E-state index in [0.29, 0.717) is 25.3 Å². The number of carbonyl (C=O) groups is 1. The number of piperidine rings is 1. The van der Waals surface area contributed by atoms with Gasteiger partial charge in [-0.3, -0.25) is 4.79 Å². The van der Waals surface area contributed by atoms with Crippen molar-refractivity contribution in [3.8, 4) is 0 Å². The number of methoxy groups -OCH3 is 1. The van der Waals surface area contributed by atoms with Gasteiger partial charge in [-0.25, -0.2) is 8.42 Å². The van der Waals surface area contributed by atoms with Crippen LogP contribution >= 0.6 is 0 Å². The Bertz CT molecular complexity index is 729. The van der Waals surface area contributed by atoms with Crippen LogP contribution in [0, 0.1) is 0 Å². The van der Waals surface area contributed by atoms with E-state index < -0.39 is 10.0 Å². The average molecular weight is 411 g/mol. The van der Waals surface area contributed by atoms with E-state index in [1.807, 2.05) is 11.8 Å². The Hall–Kier alpha value is -1.44. The summed E-state index contributed by atoms with van der Waals surface area (Å²) in [4.78, 5) is 15.1. The molecule has 158 valence electrons. The van der Waals surface area contributed by atoms with Crippen molar-refractivity contribution in [1.29, 1.82) is 0 Å². The van der Waals surface area contributed by atoms with Crippen molar-refractivity contribution in [2.24, 2.45) is 0 Å². The smallest absolute Gasteiger partial charge is 0.254 e. The first-order valence-electron chi connectivity index (χ1n) is 10.3. The summed E-state index contributed by atoms with van der Waals surface area (Å²) in [5, 5.41) is 0. The molecular formula is C21H34N2O4S. The molecule has 1 heterocycles. The molecule has 0 N–H and O–H groups in total. The number of ether oxygens (including phenoxy) is 1. The van der Waals surface area contributed by atoms with Gasteiger partial charge >= 0.3 is 0 Å². The van der Waals surface area contributed by atoms with Crippen molar-refractivity contribution >= 4 is 15.9 Å².